The Balaban J connectivity index is 1.36. The van der Waals surface area contributed by atoms with Crippen LogP contribution < -0.4 is 10.6 Å². The van der Waals surface area contributed by atoms with Gasteiger partial charge in [0.05, 0.1) is 23.0 Å². The molecule has 4 rings (SSSR count). The van der Waals surface area contributed by atoms with Crippen LogP contribution in [0.1, 0.15) is 28.9 Å². The van der Waals surface area contributed by atoms with E-state index in [-0.39, 0.29) is 23.6 Å². The van der Waals surface area contributed by atoms with E-state index in [1.54, 1.807) is 36.4 Å². The van der Waals surface area contributed by atoms with Crippen molar-refractivity contribution in [2.24, 2.45) is 0 Å². The average molecular weight is 492 g/mol. The number of carbonyl (C=O) groups excluding carboxylic acids is 2. The van der Waals surface area contributed by atoms with Gasteiger partial charge in [-0.3, -0.25) is 14.7 Å². The molecule has 9 heteroatoms. The minimum Gasteiger partial charge on any atom is -0.345 e. The third-order valence-corrected chi connectivity index (χ3v) is 6.11. The Labute approximate surface area is 206 Å². The van der Waals surface area contributed by atoms with Gasteiger partial charge in [-0.1, -0.05) is 65.8 Å². The predicted octanol–water partition coefficient (Wildman–Crippen LogP) is 5.35. The SMILES string of the molecule is CC(NC(=O)c1ccccc1NC(=O)CSc1n[nH]c(-c2ccc(Cl)cc2)n1)c1ccccc1. The maximum atomic E-state index is 12.9. The number of nitrogens with one attached hydrogen (secondary N) is 3. The number of hydrogen-bond donors (Lipinski definition) is 3. The van der Waals surface area contributed by atoms with Crippen molar-refractivity contribution in [3.8, 4) is 11.4 Å². The zero-order valence-corrected chi connectivity index (χ0v) is 19.9. The number of halogens is 1. The van der Waals surface area contributed by atoms with Gasteiger partial charge in [0.1, 0.15) is 0 Å². The number of amides is 2. The van der Waals surface area contributed by atoms with Gasteiger partial charge in [-0.15, -0.1) is 5.10 Å². The Morgan fingerprint density at radius 1 is 1.00 bits per heavy atom. The van der Waals surface area contributed by atoms with Crippen molar-refractivity contribution in [3.05, 3.63) is 95.0 Å². The summed E-state index contributed by atoms with van der Waals surface area (Å²) in [6.07, 6.45) is 0. The highest BCUT2D eigenvalue weighted by Crippen LogP contribution is 2.22. The zero-order chi connectivity index (χ0) is 23.9. The van der Waals surface area contributed by atoms with Crippen molar-refractivity contribution < 1.29 is 9.59 Å². The molecular formula is C25H22ClN5O2S. The number of thioether (sulfide) groups is 1. The smallest absolute Gasteiger partial charge is 0.253 e. The van der Waals surface area contributed by atoms with Crippen LogP contribution in [0, 0.1) is 0 Å². The fraction of sp³-hybridized carbons (Fsp3) is 0.120. The van der Waals surface area contributed by atoms with Crippen molar-refractivity contribution in [2.45, 2.75) is 18.1 Å². The second kappa shape index (κ2) is 11.0. The topological polar surface area (TPSA) is 99.8 Å². The van der Waals surface area contributed by atoms with E-state index in [1.165, 1.54) is 11.8 Å². The maximum absolute atomic E-state index is 12.9. The van der Waals surface area contributed by atoms with Crippen LogP contribution in [0.4, 0.5) is 5.69 Å². The van der Waals surface area contributed by atoms with E-state index in [2.05, 4.69) is 25.8 Å². The van der Waals surface area contributed by atoms with E-state index in [4.69, 9.17) is 11.6 Å². The number of para-hydroxylation sites is 1. The van der Waals surface area contributed by atoms with E-state index in [0.29, 0.717) is 27.3 Å². The van der Waals surface area contributed by atoms with Crippen LogP contribution in [0.2, 0.25) is 5.02 Å². The first-order valence-electron chi connectivity index (χ1n) is 10.6. The number of H-pyrrole nitrogens is 1. The molecule has 172 valence electrons. The number of anilines is 1. The van der Waals surface area contributed by atoms with Crippen LogP contribution in [0.3, 0.4) is 0 Å². The first-order valence-corrected chi connectivity index (χ1v) is 11.9. The van der Waals surface area contributed by atoms with Crippen LogP contribution in [0.15, 0.2) is 84.0 Å². The van der Waals surface area contributed by atoms with Gasteiger partial charge in [-0.25, -0.2) is 4.98 Å². The summed E-state index contributed by atoms with van der Waals surface area (Å²) in [5.41, 5.74) is 2.69. The van der Waals surface area contributed by atoms with Crippen molar-refractivity contribution in [3.63, 3.8) is 0 Å². The fourth-order valence-corrected chi connectivity index (χ4v) is 3.98. The Morgan fingerprint density at radius 3 is 2.47 bits per heavy atom. The van der Waals surface area contributed by atoms with Gasteiger partial charge in [0.2, 0.25) is 11.1 Å². The van der Waals surface area contributed by atoms with Gasteiger partial charge in [0.15, 0.2) is 5.82 Å². The summed E-state index contributed by atoms with van der Waals surface area (Å²) < 4.78 is 0. The first kappa shape index (κ1) is 23.5. The van der Waals surface area contributed by atoms with Crippen LogP contribution >= 0.6 is 23.4 Å². The largest absolute Gasteiger partial charge is 0.345 e. The van der Waals surface area contributed by atoms with Crippen molar-refractivity contribution in [1.29, 1.82) is 0 Å². The Bertz CT molecular complexity index is 1280. The molecule has 1 heterocycles. The monoisotopic (exact) mass is 491 g/mol. The van der Waals surface area contributed by atoms with E-state index in [0.717, 1.165) is 11.1 Å². The molecule has 2 amide bonds. The van der Waals surface area contributed by atoms with Crippen molar-refractivity contribution in [2.75, 3.05) is 11.1 Å². The average Bonchev–Trinajstić information content (AvgIpc) is 3.33. The normalized spacial score (nSPS) is 11.6. The quantitative estimate of drug-likeness (QED) is 0.289. The van der Waals surface area contributed by atoms with E-state index < -0.39 is 0 Å². The number of hydrogen-bond acceptors (Lipinski definition) is 5. The summed E-state index contributed by atoms with van der Waals surface area (Å²) in [4.78, 5) is 29.8. The highest BCUT2D eigenvalue weighted by molar-refractivity contribution is 7.99. The summed E-state index contributed by atoms with van der Waals surface area (Å²) >= 11 is 7.12. The number of benzene rings is 3. The van der Waals surface area contributed by atoms with Gasteiger partial charge in [0.25, 0.3) is 5.91 Å². The van der Waals surface area contributed by atoms with Crippen LogP contribution in [-0.2, 0) is 4.79 Å². The summed E-state index contributed by atoms with van der Waals surface area (Å²) in [6.45, 7) is 1.92. The van der Waals surface area contributed by atoms with Crippen LogP contribution in [-0.4, -0.2) is 32.7 Å². The lowest BCUT2D eigenvalue weighted by Crippen LogP contribution is -2.28. The molecule has 3 aromatic carbocycles. The molecule has 0 aliphatic carbocycles. The Hall–Kier alpha value is -3.62. The second-order valence-electron chi connectivity index (χ2n) is 7.46. The summed E-state index contributed by atoms with van der Waals surface area (Å²) in [7, 11) is 0. The first-order chi connectivity index (χ1) is 16.5. The Morgan fingerprint density at radius 2 is 1.71 bits per heavy atom. The molecule has 34 heavy (non-hydrogen) atoms. The van der Waals surface area contributed by atoms with Crippen LogP contribution in [0.25, 0.3) is 11.4 Å². The molecule has 0 saturated heterocycles. The number of aromatic amines is 1. The Kier molecular flexibility index (Phi) is 7.61. The molecule has 0 aliphatic heterocycles. The number of nitrogens with zero attached hydrogens (tertiary/aromatic N) is 2. The van der Waals surface area contributed by atoms with E-state index in [1.807, 2.05) is 49.4 Å². The highest BCUT2D eigenvalue weighted by atomic mass is 35.5. The standard InChI is InChI=1S/C25H22ClN5O2S/c1-16(17-7-3-2-4-8-17)27-24(33)20-9-5-6-10-21(20)28-22(32)15-34-25-29-23(30-31-25)18-11-13-19(26)14-12-18/h2-14,16H,15H2,1H3,(H,27,33)(H,28,32)(H,29,30,31). The lowest BCUT2D eigenvalue weighted by molar-refractivity contribution is -0.113. The molecule has 3 N–H and O–H groups in total. The molecule has 1 atom stereocenters. The van der Waals surface area contributed by atoms with E-state index in [9.17, 15) is 9.59 Å². The molecule has 0 aliphatic rings. The number of aromatic nitrogens is 3. The molecular weight excluding hydrogens is 470 g/mol. The summed E-state index contributed by atoms with van der Waals surface area (Å²) in [5, 5.41) is 13.9. The molecule has 0 spiro atoms. The summed E-state index contributed by atoms with van der Waals surface area (Å²) in [5.74, 6) is 0.156. The van der Waals surface area contributed by atoms with Gasteiger partial charge in [0, 0.05) is 10.6 Å². The third-order valence-electron chi connectivity index (χ3n) is 5.01. The minimum atomic E-state index is -0.265. The van der Waals surface area contributed by atoms with Gasteiger partial charge in [-0.2, -0.15) is 0 Å². The van der Waals surface area contributed by atoms with Gasteiger partial charge < -0.3 is 10.6 Å². The second-order valence-corrected chi connectivity index (χ2v) is 8.84. The molecule has 7 nitrogen and oxygen atoms in total. The van der Waals surface area contributed by atoms with Crippen molar-refractivity contribution >= 4 is 40.9 Å². The molecule has 4 aromatic rings. The maximum Gasteiger partial charge on any atom is 0.253 e. The molecule has 1 aromatic heterocycles. The van der Waals surface area contributed by atoms with Crippen molar-refractivity contribution in [1.82, 2.24) is 20.5 Å². The van der Waals surface area contributed by atoms with Crippen LogP contribution in [0.5, 0.6) is 0 Å². The molecule has 0 fully saturated rings. The predicted molar refractivity (Wildman–Crippen MR) is 135 cm³/mol. The molecule has 1 unspecified atom stereocenters. The third kappa shape index (κ3) is 6.03. The molecule has 0 bridgehead atoms. The number of carbonyl (C=O) groups is 2. The highest BCUT2D eigenvalue weighted by Gasteiger charge is 2.16. The number of rotatable bonds is 8. The molecule has 0 saturated carbocycles. The lowest BCUT2D eigenvalue weighted by atomic mass is 10.1. The lowest BCUT2D eigenvalue weighted by Gasteiger charge is -2.16. The van der Waals surface area contributed by atoms with Gasteiger partial charge in [-0.05, 0) is 48.9 Å². The minimum absolute atomic E-state index is 0.0916. The van der Waals surface area contributed by atoms with E-state index >= 15 is 0 Å². The fourth-order valence-electron chi connectivity index (χ4n) is 3.25. The summed E-state index contributed by atoms with van der Waals surface area (Å²) in [6, 6.07) is 23.7. The molecule has 0 radical (unpaired) electrons. The zero-order valence-electron chi connectivity index (χ0n) is 18.3. The van der Waals surface area contributed by atoms with Gasteiger partial charge >= 0.3 is 0 Å².